The first-order valence-electron chi connectivity index (χ1n) is 7.98. The third-order valence-electron chi connectivity index (χ3n) is 4.37. The van der Waals surface area contributed by atoms with Crippen molar-refractivity contribution in [1.82, 2.24) is 4.90 Å². The number of ether oxygens (including phenoxy) is 1. The second-order valence-electron chi connectivity index (χ2n) is 7.25. The molecule has 0 aromatic heterocycles. The smallest absolute Gasteiger partial charge is 0.410 e. The number of nitrogens with zero attached hydrogens (tertiary/aromatic N) is 1. The van der Waals surface area contributed by atoms with E-state index >= 15 is 0 Å². The fourth-order valence-electron chi connectivity index (χ4n) is 3.27. The number of carbonyl (C=O) groups is 2. The molecule has 7 heteroatoms. The van der Waals surface area contributed by atoms with E-state index in [2.05, 4.69) is 37.7 Å². The van der Waals surface area contributed by atoms with Gasteiger partial charge in [0.1, 0.15) is 5.60 Å². The highest BCUT2D eigenvalue weighted by molar-refractivity contribution is 14.2. The van der Waals surface area contributed by atoms with Crippen molar-refractivity contribution in [1.29, 1.82) is 0 Å². The van der Waals surface area contributed by atoms with Gasteiger partial charge >= 0.3 is 6.09 Å². The average molecular weight is 470 g/mol. The summed E-state index contributed by atoms with van der Waals surface area (Å²) in [6, 6.07) is 5.75. The molecule has 5 nitrogen and oxygen atoms in total. The maximum absolute atomic E-state index is 12.7. The van der Waals surface area contributed by atoms with Gasteiger partial charge in [-0.2, -0.15) is 0 Å². The summed E-state index contributed by atoms with van der Waals surface area (Å²) in [5, 5.41) is 5.91. The number of hydrogen-bond donors (Lipinski definition) is 1. The summed E-state index contributed by atoms with van der Waals surface area (Å²) in [7, 11) is 1.42. The maximum atomic E-state index is 12.7. The monoisotopic (exact) mass is 470 g/mol. The Hall–Kier alpha value is -1.40. The summed E-state index contributed by atoms with van der Waals surface area (Å²) in [4.78, 5) is 26.7. The lowest BCUT2D eigenvalue weighted by Crippen LogP contribution is -2.41. The molecule has 132 valence electrons. The number of nitrogens with one attached hydrogen (secondary N) is 1. The molecule has 0 saturated carbocycles. The third-order valence-corrected chi connectivity index (χ3v) is 5.21. The van der Waals surface area contributed by atoms with Gasteiger partial charge in [0.05, 0.1) is 5.41 Å². The minimum absolute atomic E-state index is 0.0538. The summed E-state index contributed by atoms with van der Waals surface area (Å²) in [6.07, 6.45) is 0.214. The molecule has 0 aliphatic carbocycles. The molecule has 2 heterocycles. The minimum atomic E-state index is -0.707. The van der Waals surface area contributed by atoms with Gasteiger partial charge in [0.25, 0.3) is 0 Å². The number of rotatable bonds is 0. The summed E-state index contributed by atoms with van der Waals surface area (Å²) in [6.45, 7) is 6.35. The molecule has 2 aliphatic rings. The van der Waals surface area contributed by atoms with E-state index in [0.717, 1.165) is 16.8 Å². The maximum Gasteiger partial charge on any atom is 0.410 e. The molecule has 1 unspecified atom stereocenters. The molecule has 1 aromatic carbocycles. The van der Waals surface area contributed by atoms with E-state index in [4.69, 9.17) is 4.74 Å². The number of benzene rings is 1. The van der Waals surface area contributed by atoms with Crippen molar-refractivity contribution in [3.63, 3.8) is 0 Å². The third kappa shape index (κ3) is 3.60. The van der Waals surface area contributed by atoms with Crippen molar-refractivity contribution < 1.29 is 14.3 Å². The Bertz CT molecular complexity index is 794. The average Bonchev–Trinajstić information content (AvgIpc) is 3.08. The van der Waals surface area contributed by atoms with Crippen LogP contribution in [0.2, 0.25) is 0 Å². The van der Waals surface area contributed by atoms with E-state index in [-0.39, 0.29) is 12.0 Å². The van der Waals surface area contributed by atoms with Crippen LogP contribution in [0.25, 0.3) is 0 Å². The lowest BCUT2D eigenvalue weighted by molar-refractivity contribution is -0.120. The number of halogens is 1. The quantitative estimate of drug-likeness (QED) is 0.462. The fourth-order valence-corrected chi connectivity index (χ4v) is 3.75. The van der Waals surface area contributed by atoms with Crippen LogP contribution in [0.5, 0.6) is 0 Å². The fraction of sp³-hybridized carbons (Fsp3) is 0.444. The highest BCUT2D eigenvalue weighted by Gasteiger charge is 2.52. The Morgan fingerprint density at radius 2 is 2.20 bits per heavy atom. The van der Waals surface area contributed by atoms with Crippen LogP contribution < -0.4 is 5.32 Å². The number of likely N-dealkylation sites (tertiary alicyclic amines) is 1. The van der Waals surface area contributed by atoms with Gasteiger partial charge in [-0.15, -0.1) is 0 Å². The molecule has 25 heavy (non-hydrogen) atoms. The highest BCUT2D eigenvalue weighted by Crippen LogP contribution is 2.44. The van der Waals surface area contributed by atoms with Crippen molar-refractivity contribution in [2.24, 2.45) is 0 Å². The Morgan fingerprint density at radius 3 is 2.88 bits per heavy atom. The zero-order valence-electron chi connectivity index (χ0n) is 14.3. The van der Waals surface area contributed by atoms with E-state index in [0.29, 0.717) is 19.5 Å². The second kappa shape index (κ2) is 6.72. The predicted molar refractivity (Wildman–Crippen MR) is 108 cm³/mol. The molecule has 1 spiro atoms. The van der Waals surface area contributed by atoms with Crippen molar-refractivity contribution in [3.8, 4) is 11.2 Å². The normalized spacial score (nSPS) is 21.6. The first-order valence-corrected chi connectivity index (χ1v) is 11.3. The Balaban J connectivity index is 1.89. The number of fused-ring (bicyclic) bond motifs is 2. The minimum Gasteiger partial charge on any atom is -0.444 e. The van der Waals surface area contributed by atoms with E-state index in [9.17, 15) is 9.59 Å². The van der Waals surface area contributed by atoms with Crippen LogP contribution in [-0.2, 0) is 14.9 Å². The summed E-state index contributed by atoms with van der Waals surface area (Å²) in [5.74, 6) is 3.02. The highest BCUT2D eigenvalue weighted by atomic mass is 127. The van der Waals surface area contributed by atoms with Crippen molar-refractivity contribution in [2.75, 3.05) is 18.4 Å². The second-order valence-corrected chi connectivity index (χ2v) is 8.93. The van der Waals surface area contributed by atoms with Gasteiger partial charge in [-0.25, -0.2) is 4.79 Å². The van der Waals surface area contributed by atoms with Crippen molar-refractivity contribution in [2.45, 2.75) is 38.2 Å². The number of anilines is 1. The van der Waals surface area contributed by atoms with Crippen LogP contribution in [0.4, 0.5) is 10.5 Å². The molecule has 1 aromatic rings. The number of carbonyl (C=O) groups excluding carboxylic acids is 2. The van der Waals surface area contributed by atoms with Crippen molar-refractivity contribution >= 4 is 47.8 Å². The van der Waals surface area contributed by atoms with E-state index in [1.165, 1.54) is 8.93 Å². The van der Waals surface area contributed by atoms with Crippen LogP contribution in [0.15, 0.2) is 18.2 Å². The zero-order valence-corrected chi connectivity index (χ0v) is 17.3. The lowest BCUT2D eigenvalue weighted by Gasteiger charge is -2.26. The number of amides is 2. The molecule has 1 atom stereocenters. The van der Waals surface area contributed by atoms with Crippen LogP contribution in [0, 0.1) is 11.2 Å². The van der Waals surface area contributed by atoms with Gasteiger partial charge in [0, 0.05) is 45.5 Å². The molecule has 1 fully saturated rings. The topological polar surface area (TPSA) is 58.6 Å². The summed E-state index contributed by atoms with van der Waals surface area (Å²) in [5.41, 5.74) is 1.34. The Morgan fingerprint density at radius 1 is 1.44 bits per heavy atom. The summed E-state index contributed by atoms with van der Waals surface area (Å²) >= 11 is 2.12. The molecule has 1 saturated heterocycles. The largest absolute Gasteiger partial charge is 0.444 e. The number of hydrogen-bond acceptors (Lipinski definition) is 4. The van der Waals surface area contributed by atoms with Gasteiger partial charge in [0.15, 0.2) is 0 Å². The molecule has 1 N–H and O–H groups in total. The van der Waals surface area contributed by atoms with Crippen LogP contribution in [-0.4, -0.2) is 35.6 Å². The zero-order chi connectivity index (χ0) is 18.2. The lowest BCUT2D eigenvalue weighted by atomic mass is 9.80. The van der Waals surface area contributed by atoms with Crippen LogP contribution in [0.3, 0.4) is 0 Å². The van der Waals surface area contributed by atoms with Gasteiger partial charge in [-0.05, 0) is 65.1 Å². The van der Waals surface area contributed by atoms with Gasteiger partial charge in [-0.3, -0.25) is 4.79 Å². The van der Waals surface area contributed by atoms with Crippen molar-refractivity contribution in [3.05, 3.63) is 29.3 Å². The SMILES string of the molecule is CC(C)(C)OC(=O)N1CCC2(C1)C(=O)Nc1ccc(C#CSI)cc12. The Kier molecular flexibility index (Phi) is 4.95. The van der Waals surface area contributed by atoms with Gasteiger partial charge in [-0.1, -0.05) is 5.92 Å². The molecular weight excluding hydrogens is 451 g/mol. The first-order chi connectivity index (χ1) is 11.7. The van der Waals surface area contributed by atoms with E-state index in [1.807, 2.05) is 39.0 Å². The Labute approximate surface area is 163 Å². The molecular formula is C18H19IN2O3S. The molecule has 2 amide bonds. The van der Waals surface area contributed by atoms with Gasteiger partial charge in [0.2, 0.25) is 5.91 Å². The first kappa shape index (κ1) is 18.4. The van der Waals surface area contributed by atoms with Gasteiger partial charge < -0.3 is 15.0 Å². The molecule has 0 bridgehead atoms. The standard InChI is InChI=1S/C18H19IN2O3S/c1-17(2,3)24-16(23)21-8-7-18(11-21)13-10-12(6-9-25-19)4-5-14(13)20-15(18)22/h4-5,10H,7-8,11H2,1-3H3,(H,20,22). The molecule has 0 radical (unpaired) electrons. The predicted octanol–water partition coefficient (Wildman–Crippen LogP) is 3.91. The van der Waals surface area contributed by atoms with E-state index in [1.54, 1.807) is 4.90 Å². The van der Waals surface area contributed by atoms with Crippen LogP contribution in [0.1, 0.15) is 38.3 Å². The van der Waals surface area contributed by atoms with Crippen LogP contribution >= 0.6 is 30.1 Å². The molecule has 2 aliphatic heterocycles. The van der Waals surface area contributed by atoms with E-state index < -0.39 is 11.0 Å². The summed E-state index contributed by atoms with van der Waals surface area (Å²) < 4.78 is 5.45. The molecule has 3 rings (SSSR count).